The van der Waals surface area contributed by atoms with Crippen molar-refractivity contribution in [2.45, 2.75) is 43.9 Å². The number of fused-ring (bicyclic) bond motifs is 3. The minimum absolute atomic E-state index is 0.382. The molecule has 2 aromatic heterocycles. The maximum absolute atomic E-state index is 9.47. The van der Waals surface area contributed by atoms with Gasteiger partial charge in [-0.05, 0) is 44.4 Å². The number of aryl methyl sites for hydroxylation is 2. The minimum atomic E-state index is -0.382. The average Bonchev–Trinajstić information content (AvgIpc) is 2.83. The molecule has 0 saturated heterocycles. The lowest BCUT2D eigenvalue weighted by Gasteiger charge is -2.11. The van der Waals surface area contributed by atoms with Crippen molar-refractivity contribution in [2.24, 2.45) is 0 Å². The second kappa shape index (κ2) is 5.87. The molecule has 0 fully saturated rings. The van der Waals surface area contributed by atoms with Crippen molar-refractivity contribution in [1.29, 1.82) is 0 Å². The van der Waals surface area contributed by atoms with Crippen molar-refractivity contribution < 1.29 is 5.11 Å². The molecular formula is C14H19N3OS2. The summed E-state index contributed by atoms with van der Waals surface area (Å²) in [5.74, 6) is 0.875. The molecular weight excluding hydrogens is 290 g/mol. The van der Waals surface area contributed by atoms with Gasteiger partial charge in [0.15, 0.2) is 5.16 Å². The van der Waals surface area contributed by atoms with Crippen LogP contribution in [0.15, 0.2) is 5.16 Å². The number of hydrogen-bond acceptors (Lipinski definition) is 6. The fraction of sp³-hybridized carbons (Fsp3) is 0.571. The number of aliphatic hydroxyl groups is 1. The van der Waals surface area contributed by atoms with Gasteiger partial charge in [0, 0.05) is 11.4 Å². The number of thioether (sulfide) groups is 1. The summed E-state index contributed by atoms with van der Waals surface area (Å²) >= 11 is 3.38. The Labute approximate surface area is 127 Å². The first-order valence-corrected chi connectivity index (χ1v) is 9.01. The first kappa shape index (κ1) is 14.1. The van der Waals surface area contributed by atoms with Crippen molar-refractivity contribution in [2.75, 3.05) is 18.1 Å². The molecule has 0 radical (unpaired) electrons. The zero-order chi connectivity index (χ0) is 14.1. The number of nitrogens with one attached hydrogen (secondary N) is 1. The van der Waals surface area contributed by atoms with Crippen LogP contribution in [0.1, 0.15) is 30.2 Å². The van der Waals surface area contributed by atoms with Gasteiger partial charge in [-0.15, -0.1) is 11.3 Å². The van der Waals surface area contributed by atoms with Gasteiger partial charge in [0.1, 0.15) is 5.82 Å². The van der Waals surface area contributed by atoms with E-state index in [0.29, 0.717) is 6.54 Å². The summed E-state index contributed by atoms with van der Waals surface area (Å²) in [7, 11) is 0. The van der Waals surface area contributed by atoms with E-state index in [1.807, 2.05) is 17.6 Å². The van der Waals surface area contributed by atoms with Crippen LogP contribution in [0.25, 0.3) is 10.2 Å². The normalized spacial score (nSPS) is 16.1. The first-order chi connectivity index (χ1) is 9.69. The number of rotatable bonds is 4. The Kier molecular flexibility index (Phi) is 4.14. The quantitative estimate of drug-likeness (QED) is 0.671. The van der Waals surface area contributed by atoms with E-state index in [4.69, 9.17) is 4.98 Å². The predicted octanol–water partition coefficient (Wildman–Crippen LogP) is 3.08. The minimum Gasteiger partial charge on any atom is -0.392 e. The fourth-order valence-corrected chi connectivity index (χ4v) is 4.21. The molecule has 0 amide bonds. The van der Waals surface area contributed by atoms with E-state index in [-0.39, 0.29) is 6.10 Å². The van der Waals surface area contributed by atoms with Gasteiger partial charge in [-0.1, -0.05) is 11.8 Å². The van der Waals surface area contributed by atoms with Gasteiger partial charge >= 0.3 is 0 Å². The molecule has 1 aliphatic rings. The van der Waals surface area contributed by atoms with E-state index >= 15 is 0 Å². The molecule has 20 heavy (non-hydrogen) atoms. The van der Waals surface area contributed by atoms with Crippen LogP contribution in [0.2, 0.25) is 0 Å². The number of anilines is 1. The molecule has 0 saturated carbocycles. The topological polar surface area (TPSA) is 58.0 Å². The first-order valence-electron chi connectivity index (χ1n) is 6.97. The second-order valence-electron chi connectivity index (χ2n) is 5.18. The van der Waals surface area contributed by atoms with Gasteiger partial charge in [-0.3, -0.25) is 0 Å². The van der Waals surface area contributed by atoms with Crippen LogP contribution in [0, 0.1) is 0 Å². The largest absolute Gasteiger partial charge is 0.392 e. The summed E-state index contributed by atoms with van der Waals surface area (Å²) in [4.78, 5) is 10.8. The van der Waals surface area contributed by atoms with Crippen LogP contribution < -0.4 is 5.32 Å². The Morgan fingerprint density at radius 2 is 2.15 bits per heavy atom. The lowest BCUT2D eigenvalue weighted by atomic mass is 9.98. The number of aliphatic hydroxyl groups excluding tert-OH is 1. The summed E-state index contributed by atoms with van der Waals surface area (Å²) < 4.78 is 1.15. The van der Waals surface area contributed by atoms with Crippen LogP contribution in [-0.2, 0) is 12.8 Å². The van der Waals surface area contributed by atoms with Crippen LogP contribution in [0.3, 0.4) is 0 Å². The third kappa shape index (κ3) is 2.64. The van der Waals surface area contributed by atoms with Crippen molar-refractivity contribution in [3.05, 3.63) is 10.4 Å². The molecule has 0 spiro atoms. The Balaban J connectivity index is 2.09. The highest BCUT2D eigenvalue weighted by atomic mass is 32.2. The molecule has 1 aliphatic carbocycles. The Morgan fingerprint density at radius 1 is 1.35 bits per heavy atom. The van der Waals surface area contributed by atoms with Crippen molar-refractivity contribution in [3.63, 3.8) is 0 Å². The zero-order valence-electron chi connectivity index (χ0n) is 11.8. The van der Waals surface area contributed by atoms with Gasteiger partial charge in [0.25, 0.3) is 0 Å². The van der Waals surface area contributed by atoms with Gasteiger partial charge in [-0.2, -0.15) is 0 Å². The molecule has 0 unspecified atom stereocenters. The molecule has 2 heterocycles. The van der Waals surface area contributed by atoms with E-state index in [0.717, 1.165) is 27.6 Å². The van der Waals surface area contributed by atoms with E-state index in [1.54, 1.807) is 18.7 Å². The molecule has 6 heteroatoms. The van der Waals surface area contributed by atoms with E-state index < -0.39 is 0 Å². The van der Waals surface area contributed by atoms with Crippen molar-refractivity contribution in [1.82, 2.24) is 9.97 Å². The molecule has 3 rings (SSSR count). The highest BCUT2D eigenvalue weighted by Crippen LogP contribution is 2.39. The lowest BCUT2D eigenvalue weighted by Crippen LogP contribution is -2.16. The molecule has 4 nitrogen and oxygen atoms in total. The SMILES string of the molecule is CSc1nc(NC[C@@H](C)O)c2sc3c(c2n1)CCCC3. The zero-order valence-corrected chi connectivity index (χ0v) is 13.4. The number of thiophene rings is 1. The molecule has 2 aromatic rings. The van der Waals surface area contributed by atoms with Gasteiger partial charge < -0.3 is 10.4 Å². The third-order valence-corrected chi connectivity index (χ3v) is 5.36. The van der Waals surface area contributed by atoms with Crippen molar-refractivity contribution >= 4 is 39.1 Å². The second-order valence-corrected chi connectivity index (χ2v) is 7.06. The van der Waals surface area contributed by atoms with Gasteiger partial charge in [0.2, 0.25) is 0 Å². The summed E-state index contributed by atoms with van der Waals surface area (Å²) in [5, 5.41) is 13.5. The maximum atomic E-state index is 9.47. The molecule has 108 valence electrons. The molecule has 2 N–H and O–H groups in total. The summed E-state index contributed by atoms with van der Waals surface area (Å²) in [5.41, 5.74) is 2.55. The molecule has 0 aliphatic heterocycles. The number of hydrogen-bond donors (Lipinski definition) is 2. The highest BCUT2D eigenvalue weighted by Gasteiger charge is 2.20. The summed E-state index contributed by atoms with van der Waals surface area (Å²) in [6, 6.07) is 0. The molecule has 0 aromatic carbocycles. The average molecular weight is 309 g/mol. The monoisotopic (exact) mass is 309 g/mol. The Hall–Kier alpha value is -0.850. The lowest BCUT2D eigenvalue weighted by molar-refractivity contribution is 0.208. The van der Waals surface area contributed by atoms with Crippen molar-refractivity contribution in [3.8, 4) is 0 Å². The standard InChI is InChI=1S/C14H19N3OS2/c1-8(18)7-15-13-12-11(16-14(17-13)19-2)9-5-3-4-6-10(9)20-12/h8,18H,3-7H2,1-2H3,(H,15,16,17)/t8-/m1/s1. The number of aromatic nitrogens is 2. The fourth-order valence-electron chi connectivity index (χ4n) is 2.55. The van der Waals surface area contributed by atoms with Crippen LogP contribution in [-0.4, -0.2) is 34.0 Å². The maximum Gasteiger partial charge on any atom is 0.189 e. The highest BCUT2D eigenvalue weighted by molar-refractivity contribution is 7.98. The predicted molar refractivity (Wildman–Crippen MR) is 86.0 cm³/mol. The van der Waals surface area contributed by atoms with Gasteiger partial charge in [-0.25, -0.2) is 9.97 Å². The molecule has 0 bridgehead atoms. The number of nitrogens with zero attached hydrogens (tertiary/aromatic N) is 2. The molecule has 1 atom stereocenters. The third-order valence-electron chi connectivity index (χ3n) is 3.52. The van der Waals surface area contributed by atoms with Crippen LogP contribution in [0.5, 0.6) is 0 Å². The van der Waals surface area contributed by atoms with E-state index in [9.17, 15) is 5.11 Å². The smallest absolute Gasteiger partial charge is 0.189 e. The van der Waals surface area contributed by atoms with E-state index in [1.165, 1.54) is 29.7 Å². The van der Waals surface area contributed by atoms with Gasteiger partial charge in [0.05, 0.1) is 16.3 Å². The van der Waals surface area contributed by atoms with Crippen LogP contribution >= 0.6 is 23.1 Å². The van der Waals surface area contributed by atoms with Crippen LogP contribution in [0.4, 0.5) is 5.82 Å². The summed E-state index contributed by atoms with van der Waals surface area (Å²) in [6.07, 6.45) is 6.45. The summed E-state index contributed by atoms with van der Waals surface area (Å²) in [6.45, 7) is 2.29. The Morgan fingerprint density at radius 3 is 2.90 bits per heavy atom. The van der Waals surface area contributed by atoms with E-state index in [2.05, 4.69) is 10.3 Å². The Bertz CT molecular complexity index is 624.